The minimum Gasteiger partial charge on any atom is -0.222 e. The van der Waals surface area contributed by atoms with Crippen LogP contribution in [0.1, 0.15) is 17.5 Å². The SMILES string of the molecule is Cc1ccc(S(=O)(=O)C(Cl)CCc2ccccc2)cc1. The van der Waals surface area contributed by atoms with Crippen LogP contribution in [0.5, 0.6) is 0 Å². The van der Waals surface area contributed by atoms with Gasteiger partial charge in [0.25, 0.3) is 0 Å². The van der Waals surface area contributed by atoms with Crippen LogP contribution in [-0.2, 0) is 16.3 Å². The Bertz CT molecular complexity index is 649. The molecule has 0 N–H and O–H groups in total. The fraction of sp³-hybridized carbons (Fsp3) is 0.250. The molecular formula is C16H17ClO2S. The largest absolute Gasteiger partial charge is 0.222 e. The molecule has 0 aromatic heterocycles. The van der Waals surface area contributed by atoms with Crippen LogP contribution in [0, 0.1) is 6.92 Å². The molecule has 0 amide bonds. The zero-order valence-electron chi connectivity index (χ0n) is 11.3. The predicted octanol–water partition coefficient (Wildman–Crippen LogP) is 3.97. The van der Waals surface area contributed by atoms with E-state index in [1.807, 2.05) is 37.3 Å². The molecule has 4 heteroatoms. The van der Waals surface area contributed by atoms with Crippen LogP contribution in [0.25, 0.3) is 0 Å². The molecule has 1 atom stereocenters. The third-order valence-corrected chi connectivity index (χ3v) is 5.95. The molecule has 0 spiro atoms. The third-order valence-electron chi connectivity index (χ3n) is 3.19. The maximum absolute atomic E-state index is 12.3. The van der Waals surface area contributed by atoms with E-state index in [0.29, 0.717) is 12.8 Å². The van der Waals surface area contributed by atoms with Gasteiger partial charge < -0.3 is 0 Å². The average Bonchev–Trinajstić information content (AvgIpc) is 2.46. The summed E-state index contributed by atoms with van der Waals surface area (Å²) in [5.41, 5.74) is 2.12. The number of hydrogen-bond acceptors (Lipinski definition) is 2. The summed E-state index contributed by atoms with van der Waals surface area (Å²) in [6, 6.07) is 16.6. The predicted molar refractivity (Wildman–Crippen MR) is 82.8 cm³/mol. The molecule has 20 heavy (non-hydrogen) atoms. The lowest BCUT2D eigenvalue weighted by atomic mass is 10.1. The molecule has 0 fully saturated rings. The second kappa shape index (κ2) is 6.42. The highest BCUT2D eigenvalue weighted by Crippen LogP contribution is 2.23. The Morgan fingerprint density at radius 1 is 1.00 bits per heavy atom. The zero-order chi connectivity index (χ0) is 14.6. The molecule has 0 heterocycles. The maximum Gasteiger partial charge on any atom is 0.195 e. The molecule has 2 aromatic rings. The first-order valence-corrected chi connectivity index (χ1v) is 8.47. The molecule has 0 radical (unpaired) electrons. The van der Waals surface area contributed by atoms with E-state index in [0.717, 1.165) is 11.1 Å². The molecule has 106 valence electrons. The molecule has 0 aliphatic carbocycles. The Balaban J connectivity index is 2.08. The number of halogens is 1. The normalized spacial score (nSPS) is 13.1. The van der Waals surface area contributed by atoms with Crippen molar-refractivity contribution in [3.8, 4) is 0 Å². The number of sulfone groups is 1. The molecule has 0 aliphatic rings. The second-order valence-electron chi connectivity index (χ2n) is 4.79. The van der Waals surface area contributed by atoms with Gasteiger partial charge in [0.1, 0.15) is 4.71 Å². The lowest BCUT2D eigenvalue weighted by Gasteiger charge is -2.11. The Morgan fingerprint density at radius 2 is 1.60 bits per heavy atom. The van der Waals surface area contributed by atoms with Crippen LogP contribution in [0.4, 0.5) is 0 Å². The number of rotatable bonds is 5. The van der Waals surface area contributed by atoms with Gasteiger partial charge in [-0.2, -0.15) is 0 Å². The molecule has 2 aromatic carbocycles. The highest BCUT2D eigenvalue weighted by molar-refractivity contribution is 7.93. The van der Waals surface area contributed by atoms with E-state index in [4.69, 9.17) is 11.6 Å². The molecule has 0 aliphatic heterocycles. The average molecular weight is 309 g/mol. The minimum atomic E-state index is -3.46. The van der Waals surface area contributed by atoms with Gasteiger partial charge in [0.2, 0.25) is 0 Å². The second-order valence-corrected chi connectivity index (χ2v) is 7.71. The molecular weight excluding hydrogens is 292 g/mol. The first-order valence-electron chi connectivity index (χ1n) is 6.49. The number of alkyl halides is 1. The summed E-state index contributed by atoms with van der Waals surface area (Å²) in [5.74, 6) is 0. The summed E-state index contributed by atoms with van der Waals surface area (Å²) in [6.45, 7) is 1.92. The van der Waals surface area contributed by atoms with Gasteiger partial charge in [0.15, 0.2) is 9.84 Å². The Kier molecular flexibility index (Phi) is 4.84. The van der Waals surface area contributed by atoms with Crippen molar-refractivity contribution in [3.63, 3.8) is 0 Å². The van der Waals surface area contributed by atoms with Crippen molar-refractivity contribution in [1.82, 2.24) is 0 Å². The van der Waals surface area contributed by atoms with E-state index in [-0.39, 0.29) is 4.90 Å². The van der Waals surface area contributed by atoms with Gasteiger partial charge in [-0.25, -0.2) is 8.42 Å². The summed E-state index contributed by atoms with van der Waals surface area (Å²) in [7, 11) is -3.46. The van der Waals surface area contributed by atoms with Crippen molar-refractivity contribution < 1.29 is 8.42 Å². The fourth-order valence-corrected chi connectivity index (χ4v) is 3.61. The van der Waals surface area contributed by atoms with Gasteiger partial charge in [0, 0.05) is 0 Å². The van der Waals surface area contributed by atoms with Crippen LogP contribution >= 0.6 is 11.6 Å². The van der Waals surface area contributed by atoms with Crippen molar-refractivity contribution in [3.05, 3.63) is 65.7 Å². The van der Waals surface area contributed by atoms with Crippen molar-refractivity contribution in [2.24, 2.45) is 0 Å². The molecule has 0 saturated carbocycles. The highest BCUT2D eigenvalue weighted by atomic mass is 35.5. The zero-order valence-corrected chi connectivity index (χ0v) is 12.9. The first kappa shape index (κ1) is 15.1. The fourth-order valence-electron chi connectivity index (χ4n) is 1.96. The smallest absolute Gasteiger partial charge is 0.195 e. The van der Waals surface area contributed by atoms with Crippen molar-refractivity contribution in [2.75, 3.05) is 0 Å². The Hall–Kier alpha value is -1.32. The number of hydrogen-bond donors (Lipinski definition) is 0. The van der Waals surface area contributed by atoms with E-state index in [1.165, 1.54) is 0 Å². The van der Waals surface area contributed by atoms with E-state index in [1.54, 1.807) is 24.3 Å². The molecule has 0 bridgehead atoms. The van der Waals surface area contributed by atoms with Crippen LogP contribution < -0.4 is 0 Å². The molecule has 2 nitrogen and oxygen atoms in total. The maximum atomic E-state index is 12.3. The minimum absolute atomic E-state index is 0.288. The summed E-state index contributed by atoms with van der Waals surface area (Å²) >= 11 is 6.11. The third kappa shape index (κ3) is 3.62. The van der Waals surface area contributed by atoms with Crippen LogP contribution in [0.15, 0.2) is 59.5 Å². The molecule has 1 unspecified atom stereocenters. The van der Waals surface area contributed by atoms with Gasteiger partial charge in [0.05, 0.1) is 4.90 Å². The van der Waals surface area contributed by atoms with E-state index < -0.39 is 14.5 Å². The van der Waals surface area contributed by atoms with E-state index in [9.17, 15) is 8.42 Å². The van der Waals surface area contributed by atoms with Crippen LogP contribution in [0.3, 0.4) is 0 Å². The Labute approximate surface area is 125 Å². The standard InChI is InChI=1S/C16H17ClO2S/c1-13-7-10-15(11-8-13)20(18,19)16(17)12-9-14-5-3-2-4-6-14/h2-8,10-11,16H,9,12H2,1H3. The first-order chi connectivity index (χ1) is 9.50. The lowest BCUT2D eigenvalue weighted by Crippen LogP contribution is -2.16. The topological polar surface area (TPSA) is 34.1 Å². The van der Waals surface area contributed by atoms with Crippen molar-refractivity contribution in [2.45, 2.75) is 29.4 Å². The van der Waals surface area contributed by atoms with Gasteiger partial charge in [-0.05, 0) is 37.5 Å². The van der Waals surface area contributed by atoms with Gasteiger partial charge in [-0.15, -0.1) is 11.6 Å². The summed E-state index contributed by atoms with van der Waals surface area (Å²) in [4.78, 5) is 0.288. The summed E-state index contributed by atoms with van der Waals surface area (Å²) < 4.78 is 23.8. The van der Waals surface area contributed by atoms with Crippen LogP contribution in [-0.4, -0.2) is 13.1 Å². The number of aryl methyl sites for hydroxylation is 2. The van der Waals surface area contributed by atoms with Crippen molar-refractivity contribution in [1.29, 1.82) is 0 Å². The Morgan fingerprint density at radius 3 is 2.20 bits per heavy atom. The van der Waals surface area contributed by atoms with Crippen LogP contribution in [0.2, 0.25) is 0 Å². The van der Waals surface area contributed by atoms with Gasteiger partial charge in [-0.1, -0.05) is 48.0 Å². The lowest BCUT2D eigenvalue weighted by molar-refractivity contribution is 0.589. The quantitative estimate of drug-likeness (QED) is 0.783. The molecule has 2 rings (SSSR count). The number of benzene rings is 2. The van der Waals surface area contributed by atoms with Gasteiger partial charge in [-0.3, -0.25) is 0 Å². The van der Waals surface area contributed by atoms with Crippen molar-refractivity contribution >= 4 is 21.4 Å². The summed E-state index contributed by atoms with van der Waals surface area (Å²) in [5, 5.41) is 0. The summed E-state index contributed by atoms with van der Waals surface area (Å²) in [6.07, 6.45) is 1.06. The van der Waals surface area contributed by atoms with E-state index in [2.05, 4.69) is 0 Å². The van der Waals surface area contributed by atoms with E-state index >= 15 is 0 Å². The highest BCUT2D eigenvalue weighted by Gasteiger charge is 2.24. The monoisotopic (exact) mass is 308 g/mol. The van der Waals surface area contributed by atoms with Gasteiger partial charge >= 0.3 is 0 Å². The molecule has 0 saturated heterocycles.